The molecule has 29 heavy (non-hydrogen) atoms. The molecule has 0 bridgehead atoms. The third-order valence-electron chi connectivity index (χ3n) is 6.34. The molecule has 1 spiro atoms. The molecule has 8 heteroatoms. The van der Waals surface area contributed by atoms with E-state index in [0.29, 0.717) is 25.4 Å². The van der Waals surface area contributed by atoms with Gasteiger partial charge in [0.1, 0.15) is 16.4 Å². The molecule has 158 valence electrons. The maximum atomic E-state index is 13.2. The van der Waals surface area contributed by atoms with Crippen molar-refractivity contribution in [1.29, 1.82) is 0 Å². The molecule has 0 atom stereocenters. The minimum atomic E-state index is -3.56. The highest BCUT2D eigenvalue weighted by Crippen LogP contribution is 2.39. The number of aryl methyl sites for hydroxylation is 2. The first-order valence-corrected chi connectivity index (χ1v) is 11.6. The summed E-state index contributed by atoms with van der Waals surface area (Å²) >= 11 is 0. The van der Waals surface area contributed by atoms with Crippen LogP contribution in [0.25, 0.3) is 0 Å². The lowest BCUT2D eigenvalue weighted by Crippen LogP contribution is -2.51. The van der Waals surface area contributed by atoms with E-state index in [-0.39, 0.29) is 10.3 Å². The largest absolute Gasteiger partial charge is 0.492 e. The smallest absolute Gasteiger partial charge is 0.246 e. The standard InChI is InChI=1S/C21H29N3O4S/c1-4-24-14-21(15-27-19-7-5-6-8-20(19)29(24,25)26)9-11-23(12-10-21)13-18-16(2)22-28-17(18)3/h5-8H,4,9-15H2,1-3H3. The van der Waals surface area contributed by atoms with Crippen molar-refractivity contribution in [2.24, 2.45) is 5.41 Å². The Balaban J connectivity index is 1.54. The minimum Gasteiger partial charge on any atom is -0.492 e. The molecule has 0 unspecified atom stereocenters. The molecule has 1 saturated heterocycles. The molecule has 0 N–H and O–H groups in total. The number of nitrogens with zero attached hydrogens (tertiary/aromatic N) is 3. The van der Waals surface area contributed by atoms with Crippen molar-refractivity contribution in [3.05, 3.63) is 41.3 Å². The quantitative estimate of drug-likeness (QED) is 0.761. The van der Waals surface area contributed by atoms with Crippen LogP contribution < -0.4 is 4.74 Å². The molecule has 1 fully saturated rings. The highest BCUT2D eigenvalue weighted by molar-refractivity contribution is 7.89. The van der Waals surface area contributed by atoms with E-state index >= 15 is 0 Å². The SMILES string of the molecule is CCN1CC2(CCN(Cc3c(C)noc3C)CC2)COc2ccccc2S1(=O)=O. The van der Waals surface area contributed by atoms with Gasteiger partial charge >= 0.3 is 0 Å². The van der Waals surface area contributed by atoms with Gasteiger partial charge < -0.3 is 9.26 Å². The van der Waals surface area contributed by atoms with E-state index in [1.807, 2.05) is 26.8 Å². The molecule has 2 aliphatic rings. The van der Waals surface area contributed by atoms with Crippen LogP contribution in [-0.4, -0.2) is 55.6 Å². The van der Waals surface area contributed by atoms with Crippen molar-refractivity contribution in [2.75, 3.05) is 32.8 Å². The second-order valence-corrected chi connectivity index (χ2v) is 10.2. The van der Waals surface area contributed by atoms with Crippen molar-refractivity contribution in [3.63, 3.8) is 0 Å². The lowest BCUT2D eigenvalue weighted by molar-refractivity contribution is 0.0331. The summed E-state index contributed by atoms with van der Waals surface area (Å²) in [7, 11) is -3.56. The third-order valence-corrected chi connectivity index (χ3v) is 8.31. The molecule has 0 radical (unpaired) electrons. The van der Waals surface area contributed by atoms with Gasteiger partial charge in [-0.05, 0) is 51.9 Å². The lowest BCUT2D eigenvalue weighted by Gasteiger charge is -2.44. The highest BCUT2D eigenvalue weighted by Gasteiger charge is 2.42. The fourth-order valence-corrected chi connectivity index (χ4v) is 6.07. The highest BCUT2D eigenvalue weighted by atomic mass is 32.2. The number of likely N-dealkylation sites (tertiary alicyclic amines) is 1. The number of benzene rings is 1. The van der Waals surface area contributed by atoms with Gasteiger partial charge in [-0.2, -0.15) is 4.31 Å². The zero-order valence-electron chi connectivity index (χ0n) is 17.3. The fourth-order valence-electron chi connectivity index (χ4n) is 4.38. The Kier molecular flexibility index (Phi) is 5.44. The molecule has 0 amide bonds. The van der Waals surface area contributed by atoms with Gasteiger partial charge in [-0.3, -0.25) is 4.90 Å². The van der Waals surface area contributed by atoms with Crippen molar-refractivity contribution < 1.29 is 17.7 Å². The first-order chi connectivity index (χ1) is 13.8. The molecule has 1 aromatic carbocycles. The Bertz CT molecular complexity index is 958. The first kappa shape index (κ1) is 20.4. The Labute approximate surface area is 172 Å². The first-order valence-electron chi connectivity index (χ1n) is 10.2. The Morgan fingerprint density at radius 3 is 2.55 bits per heavy atom. The number of piperidine rings is 1. The van der Waals surface area contributed by atoms with Gasteiger partial charge in [0.05, 0.1) is 12.3 Å². The molecule has 7 nitrogen and oxygen atoms in total. The number of aromatic nitrogens is 1. The van der Waals surface area contributed by atoms with Crippen LogP contribution >= 0.6 is 0 Å². The normalized spacial score (nSPS) is 21.9. The zero-order chi connectivity index (χ0) is 20.6. The second kappa shape index (κ2) is 7.74. The van der Waals surface area contributed by atoms with Gasteiger partial charge in [-0.15, -0.1) is 0 Å². The number of para-hydroxylation sites is 1. The summed E-state index contributed by atoms with van der Waals surface area (Å²) in [5, 5.41) is 4.05. The van der Waals surface area contributed by atoms with Crippen LogP contribution in [0.5, 0.6) is 5.75 Å². The zero-order valence-corrected chi connectivity index (χ0v) is 18.2. The van der Waals surface area contributed by atoms with E-state index in [1.54, 1.807) is 22.5 Å². The molecule has 2 aliphatic heterocycles. The maximum Gasteiger partial charge on any atom is 0.246 e. The Hall–Kier alpha value is -1.90. The van der Waals surface area contributed by atoms with Crippen LogP contribution in [-0.2, 0) is 16.6 Å². The molecule has 3 heterocycles. The van der Waals surface area contributed by atoms with Gasteiger partial charge in [0.2, 0.25) is 10.0 Å². The topological polar surface area (TPSA) is 75.9 Å². The number of ether oxygens (including phenoxy) is 1. The molecular weight excluding hydrogens is 390 g/mol. The average Bonchev–Trinajstić information content (AvgIpc) is 3.03. The van der Waals surface area contributed by atoms with E-state index in [2.05, 4.69) is 10.1 Å². The lowest BCUT2D eigenvalue weighted by atomic mass is 9.78. The summed E-state index contributed by atoms with van der Waals surface area (Å²) < 4.78 is 39.4. The fraction of sp³-hybridized carbons (Fsp3) is 0.571. The molecule has 1 aromatic heterocycles. The summed E-state index contributed by atoms with van der Waals surface area (Å²) in [6.45, 7) is 9.93. The molecule has 0 aliphatic carbocycles. The van der Waals surface area contributed by atoms with Crippen molar-refractivity contribution in [1.82, 2.24) is 14.4 Å². The summed E-state index contributed by atoms with van der Waals surface area (Å²) in [5.41, 5.74) is 1.92. The molecule has 4 rings (SSSR count). The molecule has 2 aromatic rings. The van der Waals surface area contributed by atoms with Crippen LogP contribution in [0, 0.1) is 19.3 Å². The number of hydrogen-bond donors (Lipinski definition) is 0. The van der Waals surface area contributed by atoms with Crippen LogP contribution in [0.1, 0.15) is 36.8 Å². The maximum absolute atomic E-state index is 13.2. The van der Waals surface area contributed by atoms with E-state index in [1.165, 1.54) is 0 Å². The van der Waals surface area contributed by atoms with Gasteiger partial charge in [-0.25, -0.2) is 8.42 Å². The molecule has 0 saturated carbocycles. The predicted molar refractivity (Wildman–Crippen MR) is 109 cm³/mol. The number of hydrogen-bond acceptors (Lipinski definition) is 6. The number of sulfonamides is 1. The van der Waals surface area contributed by atoms with Crippen LogP contribution in [0.4, 0.5) is 0 Å². The Morgan fingerprint density at radius 1 is 1.17 bits per heavy atom. The Morgan fingerprint density at radius 2 is 1.90 bits per heavy atom. The van der Waals surface area contributed by atoms with Crippen molar-refractivity contribution in [2.45, 2.75) is 45.1 Å². The number of rotatable bonds is 3. The van der Waals surface area contributed by atoms with Gasteiger partial charge in [-0.1, -0.05) is 24.2 Å². The van der Waals surface area contributed by atoms with Gasteiger partial charge in [0, 0.05) is 30.6 Å². The summed E-state index contributed by atoms with van der Waals surface area (Å²) in [4.78, 5) is 2.67. The predicted octanol–water partition coefficient (Wildman–Crippen LogP) is 2.98. The van der Waals surface area contributed by atoms with E-state index < -0.39 is 10.0 Å². The summed E-state index contributed by atoms with van der Waals surface area (Å²) in [5.74, 6) is 1.33. The van der Waals surface area contributed by atoms with Crippen molar-refractivity contribution >= 4 is 10.0 Å². The van der Waals surface area contributed by atoms with Gasteiger partial charge in [0.15, 0.2) is 0 Å². The summed E-state index contributed by atoms with van der Waals surface area (Å²) in [6.07, 6.45) is 1.79. The monoisotopic (exact) mass is 419 g/mol. The molecular formula is C21H29N3O4S. The van der Waals surface area contributed by atoms with Crippen LogP contribution in [0.2, 0.25) is 0 Å². The third kappa shape index (κ3) is 3.81. The van der Waals surface area contributed by atoms with Crippen molar-refractivity contribution in [3.8, 4) is 5.75 Å². The van der Waals surface area contributed by atoms with Crippen LogP contribution in [0.15, 0.2) is 33.7 Å². The average molecular weight is 420 g/mol. The van der Waals surface area contributed by atoms with E-state index in [9.17, 15) is 8.42 Å². The second-order valence-electron chi connectivity index (χ2n) is 8.25. The van der Waals surface area contributed by atoms with Gasteiger partial charge in [0.25, 0.3) is 0 Å². The van der Waals surface area contributed by atoms with E-state index in [0.717, 1.165) is 49.5 Å². The number of fused-ring (bicyclic) bond motifs is 1. The van der Waals surface area contributed by atoms with E-state index in [4.69, 9.17) is 9.26 Å². The summed E-state index contributed by atoms with van der Waals surface area (Å²) in [6, 6.07) is 6.97. The minimum absolute atomic E-state index is 0.175. The van der Waals surface area contributed by atoms with Crippen LogP contribution in [0.3, 0.4) is 0 Å².